The molecule has 2 fully saturated rings. The molecule has 4 atom stereocenters. The lowest BCUT2D eigenvalue weighted by molar-refractivity contribution is 0.337. The molecule has 0 amide bonds. The van der Waals surface area contributed by atoms with Crippen LogP contribution >= 0.6 is 0 Å². The Kier molecular flexibility index (Phi) is 6.06. The molecule has 0 aromatic heterocycles. The summed E-state index contributed by atoms with van der Waals surface area (Å²) in [6, 6.07) is 9.22. The third-order valence-electron chi connectivity index (χ3n) is 7.94. The average molecular weight is 410 g/mol. The van der Waals surface area contributed by atoms with Crippen molar-refractivity contribution >= 4 is 19.5 Å². The standard InChI is InChI=1S/C25H39N3Si/c1-6-19-18-24-22(20-10-12-21(13-11-20)27(2)3)8-7-9-23(24)25(19)29(4,5)28-16-14-26-15-17-28/h7-13,19,23-26H,6,14-18H2,1-5H3. The maximum absolute atomic E-state index is 3.55. The van der Waals surface area contributed by atoms with E-state index in [1.807, 2.05) is 0 Å². The molecule has 1 aromatic rings. The normalized spacial score (nSPS) is 30.2. The number of benzene rings is 1. The van der Waals surface area contributed by atoms with Gasteiger partial charge in [-0.1, -0.05) is 56.8 Å². The van der Waals surface area contributed by atoms with E-state index in [0.29, 0.717) is 11.8 Å². The lowest BCUT2D eigenvalue weighted by Gasteiger charge is -2.47. The Hall–Kier alpha value is -1.36. The molecule has 1 saturated carbocycles. The zero-order chi connectivity index (χ0) is 20.6. The number of allylic oxidation sites excluding steroid dienone is 4. The molecule has 1 heterocycles. The second-order valence-electron chi connectivity index (χ2n) is 9.95. The molecule has 1 N–H and O–H groups in total. The largest absolute Gasteiger partial charge is 0.378 e. The van der Waals surface area contributed by atoms with Gasteiger partial charge in [0.2, 0.25) is 0 Å². The molecule has 4 rings (SSSR count). The average Bonchev–Trinajstić information content (AvgIpc) is 3.14. The fraction of sp³-hybridized carbons (Fsp3) is 0.600. The minimum absolute atomic E-state index is 0.690. The van der Waals surface area contributed by atoms with E-state index in [4.69, 9.17) is 0 Å². The number of hydrogen-bond acceptors (Lipinski definition) is 3. The highest BCUT2D eigenvalue weighted by atomic mass is 28.3. The smallest absolute Gasteiger partial charge is 0.126 e. The van der Waals surface area contributed by atoms with Crippen LogP contribution in [0.4, 0.5) is 5.69 Å². The van der Waals surface area contributed by atoms with Gasteiger partial charge in [-0.05, 0) is 53.0 Å². The van der Waals surface area contributed by atoms with Gasteiger partial charge in [-0.2, -0.15) is 0 Å². The first-order valence-electron chi connectivity index (χ1n) is 11.6. The number of nitrogens with zero attached hydrogens (tertiary/aromatic N) is 2. The van der Waals surface area contributed by atoms with Crippen LogP contribution in [0.3, 0.4) is 0 Å². The first-order chi connectivity index (χ1) is 13.9. The van der Waals surface area contributed by atoms with Crippen molar-refractivity contribution in [3.63, 3.8) is 0 Å². The third-order valence-corrected chi connectivity index (χ3v) is 12.5. The Balaban J connectivity index is 1.62. The van der Waals surface area contributed by atoms with Crippen LogP contribution in [0, 0.1) is 17.8 Å². The van der Waals surface area contributed by atoms with Gasteiger partial charge in [0.25, 0.3) is 0 Å². The molecule has 1 saturated heterocycles. The zero-order valence-corrected chi connectivity index (χ0v) is 20.0. The summed E-state index contributed by atoms with van der Waals surface area (Å²) in [5.74, 6) is 2.26. The molecule has 3 aliphatic rings. The fourth-order valence-electron chi connectivity index (χ4n) is 6.38. The van der Waals surface area contributed by atoms with Gasteiger partial charge in [0.05, 0.1) is 0 Å². The van der Waals surface area contributed by atoms with Crippen molar-refractivity contribution < 1.29 is 0 Å². The predicted molar refractivity (Wildman–Crippen MR) is 129 cm³/mol. The van der Waals surface area contributed by atoms with Crippen LogP contribution in [0.2, 0.25) is 18.6 Å². The van der Waals surface area contributed by atoms with Crippen LogP contribution in [0.5, 0.6) is 0 Å². The van der Waals surface area contributed by atoms with Crippen LogP contribution in [0.1, 0.15) is 25.3 Å². The molecule has 4 heteroatoms. The van der Waals surface area contributed by atoms with Crippen molar-refractivity contribution in [1.82, 2.24) is 9.88 Å². The molecule has 0 radical (unpaired) electrons. The number of rotatable bonds is 5. The Bertz CT molecular complexity index is 759. The summed E-state index contributed by atoms with van der Waals surface area (Å²) in [7, 11) is 2.72. The lowest BCUT2D eigenvalue weighted by Crippen LogP contribution is -2.60. The molecule has 1 aromatic carbocycles. The van der Waals surface area contributed by atoms with Crippen LogP contribution in [-0.4, -0.2) is 53.1 Å². The molecule has 4 unspecified atom stereocenters. The van der Waals surface area contributed by atoms with Crippen molar-refractivity contribution in [2.75, 3.05) is 45.2 Å². The topological polar surface area (TPSA) is 18.5 Å². The molecule has 0 bridgehead atoms. The summed E-state index contributed by atoms with van der Waals surface area (Å²) in [4.78, 5) is 2.18. The van der Waals surface area contributed by atoms with Gasteiger partial charge in [-0.3, -0.25) is 0 Å². The van der Waals surface area contributed by atoms with Crippen LogP contribution in [0.15, 0.2) is 42.5 Å². The van der Waals surface area contributed by atoms with Crippen molar-refractivity contribution in [2.45, 2.75) is 38.4 Å². The number of hydrogen-bond donors (Lipinski definition) is 1. The summed E-state index contributed by atoms with van der Waals surface area (Å²) in [5, 5.41) is 3.55. The number of piperazine rings is 1. The maximum Gasteiger partial charge on any atom is 0.126 e. The van der Waals surface area contributed by atoms with Crippen LogP contribution < -0.4 is 10.2 Å². The molecule has 0 spiro atoms. The second kappa shape index (κ2) is 8.41. The first kappa shape index (κ1) is 20.9. The summed E-state index contributed by atoms with van der Waals surface area (Å²) in [6.45, 7) is 12.5. The van der Waals surface area contributed by atoms with Gasteiger partial charge in [0, 0.05) is 46.0 Å². The highest BCUT2D eigenvalue weighted by Gasteiger charge is 2.52. The molecular weight excluding hydrogens is 370 g/mol. The quantitative estimate of drug-likeness (QED) is 0.702. The van der Waals surface area contributed by atoms with E-state index in [1.54, 1.807) is 5.57 Å². The summed E-state index contributed by atoms with van der Waals surface area (Å²) < 4.78 is 2.90. The highest BCUT2D eigenvalue weighted by Crippen LogP contribution is 2.58. The van der Waals surface area contributed by atoms with E-state index in [2.05, 4.69) is 91.4 Å². The maximum atomic E-state index is 3.55. The van der Waals surface area contributed by atoms with Crippen molar-refractivity contribution in [2.24, 2.45) is 17.8 Å². The summed E-state index contributed by atoms with van der Waals surface area (Å²) in [5.41, 5.74) is 5.14. The van der Waals surface area contributed by atoms with E-state index in [1.165, 1.54) is 37.2 Å². The van der Waals surface area contributed by atoms with E-state index in [-0.39, 0.29) is 0 Å². The third kappa shape index (κ3) is 3.87. The zero-order valence-electron chi connectivity index (χ0n) is 19.0. The Morgan fingerprint density at radius 3 is 2.41 bits per heavy atom. The Morgan fingerprint density at radius 1 is 1.10 bits per heavy atom. The fourth-order valence-corrected chi connectivity index (χ4v) is 11.0. The second-order valence-corrected chi connectivity index (χ2v) is 14.6. The van der Waals surface area contributed by atoms with E-state index in [9.17, 15) is 0 Å². The van der Waals surface area contributed by atoms with E-state index < -0.39 is 8.24 Å². The monoisotopic (exact) mass is 409 g/mol. The van der Waals surface area contributed by atoms with Crippen molar-refractivity contribution in [3.05, 3.63) is 48.1 Å². The van der Waals surface area contributed by atoms with Gasteiger partial charge in [0.1, 0.15) is 8.24 Å². The minimum atomic E-state index is -1.51. The van der Waals surface area contributed by atoms with Gasteiger partial charge >= 0.3 is 0 Å². The van der Waals surface area contributed by atoms with Gasteiger partial charge in [-0.25, -0.2) is 0 Å². The Morgan fingerprint density at radius 2 is 1.79 bits per heavy atom. The van der Waals surface area contributed by atoms with Gasteiger partial charge in [0.15, 0.2) is 0 Å². The van der Waals surface area contributed by atoms with E-state index in [0.717, 1.165) is 24.5 Å². The molecule has 1 aliphatic heterocycles. The van der Waals surface area contributed by atoms with E-state index >= 15 is 0 Å². The molecule has 3 nitrogen and oxygen atoms in total. The van der Waals surface area contributed by atoms with Crippen LogP contribution in [0.25, 0.3) is 5.57 Å². The number of fused-ring (bicyclic) bond motifs is 1. The van der Waals surface area contributed by atoms with Crippen molar-refractivity contribution in [1.29, 1.82) is 0 Å². The Labute approximate surface area is 178 Å². The number of anilines is 1. The SMILES string of the molecule is CCC1CC2C(c3ccc(N(C)C)cc3)=CC=CC2C1[Si](C)(C)N1CCNCC1. The molecule has 29 heavy (non-hydrogen) atoms. The van der Waals surface area contributed by atoms with Crippen LogP contribution in [-0.2, 0) is 0 Å². The summed E-state index contributed by atoms with van der Waals surface area (Å²) in [6.07, 6.45) is 10.0. The van der Waals surface area contributed by atoms with Crippen molar-refractivity contribution in [3.8, 4) is 0 Å². The molecule has 2 aliphatic carbocycles. The molecule has 158 valence electrons. The van der Waals surface area contributed by atoms with Gasteiger partial charge < -0.3 is 14.8 Å². The lowest BCUT2D eigenvalue weighted by atomic mass is 9.81. The first-order valence-corrected chi connectivity index (χ1v) is 14.6. The minimum Gasteiger partial charge on any atom is -0.378 e. The number of nitrogens with one attached hydrogen (secondary N) is 1. The predicted octanol–water partition coefficient (Wildman–Crippen LogP) is 4.85. The van der Waals surface area contributed by atoms with Gasteiger partial charge in [-0.15, -0.1) is 0 Å². The summed E-state index contributed by atoms with van der Waals surface area (Å²) >= 11 is 0. The highest BCUT2D eigenvalue weighted by molar-refractivity contribution is 6.76. The molecular formula is C25H39N3Si.